The van der Waals surface area contributed by atoms with Crippen LogP contribution in [0.4, 0.5) is 9.18 Å². The Kier molecular flexibility index (Phi) is 6.15. The molecular formula is C25H20FN3O6S. The zero-order chi connectivity index (χ0) is 25.4. The Balaban J connectivity index is 1.42. The topological polar surface area (TPSA) is 120 Å². The molecule has 184 valence electrons. The van der Waals surface area contributed by atoms with E-state index in [-0.39, 0.29) is 48.2 Å². The average molecular weight is 510 g/mol. The molecule has 2 aromatic heterocycles. The lowest BCUT2D eigenvalue weighted by Crippen LogP contribution is -2.27. The van der Waals surface area contributed by atoms with Crippen molar-refractivity contribution < 1.29 is 28.6 Å². The van der Waals surface area contributed by atoms with Crippen LogP contribution in [0.5, 0.6) is 5.75 Å². The number of benzene rings is 2. The third-order valence-electron chi connectivity index (χ3n) is 5.80. The minimum absolute atomic E-state index is 0.0692. The number of nitrogens with zero attached hydrogens (tertiary/aromatic N) is 2. The van der Waals surface area contributed by atoms with Crippen molar-refractivity contribution in [2.24, 2.45) is 0 Å². The number of carboxylic acids is 1. The van der Waals surface area contributed by atoms with Crippen LogP contribution < -0.4 is 15.5 Å². The molecular weight excluding hydrogens is 489 g/mol. The first kappa shape index (κ1) is 23.5. The van der Waals surface area contributed by atoms with E-state index < -0.39 is 28.9 Å². The van der Waals surface area contributed by atoms with Crippen molar-refractivity contribution in [3.63, 3.8) is 0 Å². The Labute approximate surface area is 207 Å². The van der Waals surface area contributed by atoms with Crippen LogP contribution in [0.2, 0.25) is 0 Å². The molecule has 11 heteroatoms. The molecule has 0 fully saturated rings. The fourth-order valence-corrected chi connectivity index (χ4v) is 4.77. The van der Waals surface area contributed by atoms with Gasteiger partial charge in [-0.2, -0.15) is 0 Å². The fraction of sp³-hybridized carbons (Fsp3) is 0.200. The molecule has 3 heterocycles. The molecule has 0 radical (unpaired) electrons. The molecule has 0 saturated heterocycles. The molecule has 4 aromatic rings. The standard InChI is InChI=1S/C25H20FN3O6S/c1-13-10-34-23-20(17(26)7-15-21(23)29(13)9-16(22(15)30)24(31)32)18-12-36-19(28-18)8-27-25(33)35-11-14-5-3-2-4-6-14/h2-7,9,12-13H,8,10-11H2,1H3,(H,27,33)(H,31,32). The highest BCUT2D eigenvalue weighted by molar-refractivity contribution is 7.09. The molecule has 0 bridgehead atoms. The quantitative estimate of drug-likeness (QED) is 0.397. The maximum atomic E-state index is 15.3. The van der Waals surface area contributed by atoms with Gasteiger partial charge < -0.3 is 24.5 Å². The van der Waals surface area contributed by atoms with Gasteiger partial charge in [0.25, 0.3) is 0 Å². The van der Waals surface area contributed by atoms with Gasteiger partial charge in [-0.05, 0) is 18.6 Å². The number of hydrogen-bond acceptors (Lipinski definition) is 7. The molecule has 1 atom stereocenters. The van der Waals surface area contributed by atoms with Crippen LogP contribution in [0.25, 0.3) is 22.2 Å². The van der Waals surface area contributed by atoms with E-state index in [1.165, 1.54) is 17.5 Å². The van der Waals surface area contributed by atoms with Gasteiger partial charge in [0.15, 0.2) is 5.75 Å². The lowest BCUT2D eigenvalue weighted by Gasteiger charge is -2.28. The van der Waals surface area contributed by atoms with Gasteiger partial charge >= 0.3 is 12.1 Å². The van der Waals surface area contributed by atoms with E-state index in [1.807, 2.05) is 37.3 Å². The second-order valence-corrected chi connectivity index (χ2v) is 9.19. The van der Waals surface area contributed by atoms with Gasteiger partial charge in [-0.1, -0.05) is 30.3 Å². The molecule has 1 amide bonds. The molecule has 0 aliphatic carbocycles. The number of ether oxygens (including phenoxy) is 2. The van der Waals surface area contributed by atoms with Crippen LogP contribution in [-0.2, 0) is 17.9 Å². The third-order valence-corrected chi connectivity index (χ3v) is 6.65. The van der Waals surface area contributed by atoms with Crippen LogP contribution in [0.1, 0.15) is 33.9 Å². The van der Waals surface area contributed by atoms with Gasteiger partial charge in [0.05, 0.1) is 34.7 Å². The van der Waals surface area contributed by atoms with Crippen molar-refractivity contribution >= 4 is 34.3 Å². The number of amides is 1. The third kappa shape index (κ3) is 4.29. The first-order chi connectivity index (χ1) is 17.3. The van der Waals surface area contributed by atoms with E-state index in [0.717, 1.165) is 11.6 Å². The number of hydrogen-bond donors (Lipinski definition) is 2. The first-order valence-electron chi connectivity index (χ1n) is 11.0. The lowest BCUT2D eigenvalue weighted by molar-refractivity contribution is 0.0694. The molecule has 1 unspecified atom stereocenters. The fourth-order valence-electron chi connectivity index (χ4n) is 4.05. The summed E-state index contributed by atoms with van der Waals surface area (Å²) in [6, 6.07) is 10.0. The normalized spacial score (nSPS) is 14.3. The summed E-state index contributed by atoms with van der Waals surface area (Å²) in [6.45, 7) is 2.17. The first-order valence-corrected chi connectivity index (χ1v) is 11.9. The van der Waals surface area contributed by atoms with Crippen LogP contribution >= 0.6 is 11.3 Å². The van der Waals surface area contributed by atoms with E-state index >= 15 is 4.39 Å². The number of aromatic nitrogens is 2. The predicted molar refractivity (Wildman–Crippen MR) is 130 cm³/mol. The number of thiazole rings is 1. The van der Waals surface area contributed by atoms with Crippen molar-refractivity contribution in [1.29, 1.82) is 0 Å². The number of carboxylic acid groups (broad SMARTS) is 1. The van der Waals surface area contributed by atoms with Gasteiger partial charge in [0.2, 0.25) is 5.43 Å². The summed E-state index contributed by atoms with van der Waals surface area (Å²) >= 11 is 1.22. The summed E-state index contributed by atoms with van der Waals surface area (Å²) in [4.78, 5) is 40.8. The Bertz CT molecular complexity index is 1550. The van der Waals surface area contributed by atoms with Gasteiger partial charge in [-0.3, -0.25) is 4.79 Å². The zero-order valence-corrected chi connectivity index (χ0v) is 19.8. The zero-order valence-electron chi connectivity index (χ0n) is 19.0. The molecule has 1 aliphatic rings. The van der Waals surface area contributed by atoms with E-state index in [0.29, 0.717) is 10.5 Å². The number of aromatic carboxylic acids is 1. The number of rotatable bonds is 6. The number of pyridine rings is 1. The maximum Gasteiger partial charge on any atom is 0.407 e. The number of halogens is 1. The van der Waals surface area contributed by atoms with Crippen molar-refractivity contribution in [3.05, 3.63) is 80.2 Å². The minimum Gasteiger partial charge on any atom is -0.488 e. The number of carbonyl (C=O) groups is 2. The lowest BCUT2D eigenvalue weighted by atomic mass is 10.0. The summed E-state index contributed by atoms with van der Waals surface area (Å²) in [6.07, 6.45) is 0.654. The monoisotopic (exact) mass is 509 g/mol. The molecule has 2 aromatic carbocycles. The second-order valence-electron chi connectivity index (χ2n) is 8.24. The SMILES string of the molecule is CC1COc2c(-c3csc(CNC(=O)OCc4ccccc4)n3)c(F)cc3c(=O)c(C(=O)O)cn1c23. The Morgan fingerprint density at radius 3 is 2.86 bits per heavy atom. The van der Waals surface area contributed by atoms with E-state index in [4.69, 9.17) is 9.47 Å². The van der Waals surface area contributed by atoms with Crippen molar-refractivity contribution in [1.82, 2.24) is 14.9 Å². The van der Waals surface area contributed by atoms with Crippen molar-refractivity contribution in [3.8, 4) is 17.0 Å². The summed E-state index contributed by atoms with van der Waals surface area (Å²) in [7, 11) is 0. The molecule has 0 saturated carbocycles. The minimum atomic E-state index is -1.38. The highest BCUT2D eigenvalue weighted by Crippen LogP contribution is 2.42. The molecule has 9 nitrogen and oxygen atoms in total. The number of carbonyl (C=O) groups excluding carboxylic acids is 1. The molecule has 5 rings (SSSR count). The number of nitrogens with one attached hydrogen (secondary N) is 1. The van der Waals surface area contributed by atoms with Crippen molar-refractivity contribution in [2.75, 3.05) is 6.61 Å². The summed E-state index contributed by atoms with van der Waals surface area (Å²) in [5.41, 5.74) is 0.302. The Morgan fingerprint density at radius 2 is 2.11 bits per heavy atom. The van der Waals surface area contributed by atoms with Gasteiger partial charge in [0, 0.05) is 11.6 Å². The molecule has 1 aliphatic heterocycles. The summed E-state index contributed by atoms with van der Waals surface area (Å²) in [5.74, 6) is -2.01. The van der Waals surface area contributed by atoms with E-state index in [9.17, 15) is 19.5 Å². The second kappa shape index (κ2) is 9.42. The van der Waals surface area contributed by atoms with Crippen LogP contribution in [0, 0.1) is 5.82 Å². The van der Waals surface area contributed by atoms with Gasteiger partial charge in [-0.15, -0.1) is 11.3 Å². The van der Waals surface area contributed by atoms with Crippen molar-refractivity contribution in [2.45, 2.75) is 26.1 Å². The Hall–Kier alpha value is -4.25. The highest BCUT2D eigenvalue weighted by atomic mass is 32.1. The van der Waals surface area contributed by atoms with E-state index in [2.05, 4.69) is 10.3 Å². The molecule has 0 spiro atoms. The average Bonchev–Trinajstić information content (AvgIpc) is 3.33. The molecule has 36 heavy (non-hydrogen) atoms. The predicted octanol–water partition coefficient (Wildman–Crippen LogP) is 4.34. The summed E-state index contributed by atoms with van der Waals surface area (Å²) < 4.78 is 28.0. The van der Waals surface area contributed by atoms with Gasteiger partial charge in [0.1, 0.15) is 29.6 Å². The number of alkyl carbamates (subject to hydrolysis) is 1. The maximum absolute atomic E-state index is 15.3. The van der Waals surface area contributed by atoms with Crippen LogP contribution in [0.3, 0.4) is 0 Å². The largest absolute Gasteiger partial charge is 0.488 e. The van der Waals surface area contributed by atoms with Gasteiger partial charge in [-0.25, -0.2) is 19.0 Å². The highest BCUT2D eigenvalue weighted by Gasteiger charge is 2.29. The summed E-state index contributed by atoms with van der Waals surface area (Å²) in [5, 5.41) is 14.1. The smallest absolute Gasteiger partial charge is 0.407 e. The van der Waals surface area contributed by atoms with E-state index in [1.54, 1.807) is 9.95 Å². The van der Waals surface area contributed by atoms with Crippen LogP contribution in [0.15, 0.2) is 52.8 Å². The Morgan fingerprint density at radius 1 is 1.33 bits per heavy atom. The molecule has 2 N–H and O–H groups in total. The van der Waals surface area contributed by atoms with Crippen LogP contribution in [-0.4, -0.2) is 33.3 Å².